The Bertz CT molecular complexity index is 435. The Labute approximate surface area is 110 Å². The summed E-state index contributed by atoms with van der Waals surface area (Å²) in [6, 6.07) is -0.652. The van der Waals surface area contributed by atoms with Crippen LogP contribution in [0.3, 0.4) is 0 Å². The van der Waals surface area contributed by atoms with Crippen molar-refractivity contribution in [2.24, 2.45) is 29.4 Å². The number of carboxylic acids is 1. The predicted molar refractivity (Wildman–Crippen MR) is 65.9 cm³/mol. The van der Waals surface area contributed by atoms with Crippen molar-refractivity contribution in [3.63, 3.8) is 0 Å². The highest BCUT2D eigenvalue weighted by atomic mass is 16.4. The molecule has 7 heteroatoms. The summed E-state index contributed by atoms with van der Waals surface area (Å²) >= 11 is 0. The zero-order valence-electron chi connectivity index (χ0n) is 10.3. The Balaban J connectivity index is 1.89. The summed E-state index contributed by atoms with van der Waals surface area (Å²) in [7, 11) is 0. The van der Waals surface area contributed by atoms with Gasteiger partial charge < -0.3 is 21.5 Å². The molecule has 2 aliphatic rings. The van der Waals surface area contributed by atoms with Gasteiger partial charge in [-0.15, -0.1) is 0 Å². The van der Waals surface area contributed by atoms with E-state index in [1.54, 1.807) is 0 Å². The van der Waals surface area contributed by atoms with Gasteiger partial charge in [-0.3, -0.25) is 9.59 Å². The molecule has 3 amide bonds. The average Bonchev–Trinajstić information content (AvgIpc) is 2.93. The average molecular weight is 267 g/mol. The smallest absolute Gasteiger partial charge is 0.312 e. The van der Waals surface area contributed by atoms with Crippen LogP contribution in [0, 0.1) is 23.7 Å². The van der Waals surface area contributed by atoms with Crippen molar-refractivity contribution in [3.8, 4) is 0 Å². The minimum atomic E-state index is -0.924. The second-order valence-electron chi connectivity index (χ2n) is 4.92. The van der Waals surface area contributed by atoms with Crippen LogP contribution in [-0.4, -0.2) is 36.1 Å². The highest BCUT2D eigenvalue weighted by Gasteiger charge is 2.51. The molecule has 0 aromatic heterocycles. The van der Waals surface area contributed by atoms with E-state index in [2.05, 4.69) is 10.6 Å². The lowest BCUT2D eigenvalue weighted by atomic mass is 9.82. The van der Waals surface area contributed by atoms with Crippen molar-refractivity contribution in [2.75, 3.05) is 13.1 Å². The van der Waals surface area contributed by atoms with Crippen LogP contribution in [0.5, 0.6) is 0 Å². The first-order chi connectivity index (χ1) is 9.00. The molecule has 2 unspecified atom stereocenters. The van der Waals surface area contributed by atoms with E-state index < -0.39 is 23.8 Å². The lowest BCUT2D eigenvalue weighted by molar-refractivity contribution is -0.147. The van der Waals surface area contributed by atoms with Gasteiger partial charge in [-0.1, -0.05) is 12.2 Å². The summed E-state index contributed by atoms with van der Waals surface area (Å²) in [6.07, 6.45) is 4.55. The summed E-state index contributed by atoms with van der Waals surface area (Å²) in [6.45, 7) is 0.473. The first kappa shape index (κ1) is 13.4. The molecule has 19 heavy (non-hydrogen) atoms. The molecule has 0 spiro atoms. The molecular formula is C12H17N3O4. The van der Waals surface area contributed by atoms with Crippen LogP contribution in [0.2, 0.25) is 0 Å². The first-order valence-electron chi connectivity index (χ1n) is 6.23. The van der Waals surface area contributed by atoms with Crippen LogP contribution in [-0.2, 0) is 9.59 Å². The second kappa shape index (κ2) is 5.29. The summed E-state index contributed by atoms with van der Waals surface area (Å²) in [4.78, 5) is 33.7. The predicted octanol–water partition coefficient (Wildman–Crippen LogP) is -0.706. The lowest BCUT2D eigenvalue weighted by Crippen LogP contribution is -2.43. The zero-order valence-corrected chi connectivity index (χ0v) is 10.3. The maximum atomic E-state index is 12.0. The second-order valence-corrected chi connectivity index (χ2v) is 4.92. The van der Waals surface area contributed by atoms with E-state index in [-0.39, 0.29) is 30.8 Å². The van der Waals surface area contributed by atoms with Crippen molar-refractivity contribution in [1.82, 2.24) is 10.6 Å². The van der Waals surface area contributed by atoms with E-state index in [9.17, 15) is 19.5 Å². The minimum absolute atomic E-state index is 0.00944. The van der Waals surface area contributed by atoms with Crippen molar-refractivity contribution in [3.05, 3.63) is 12.2 Å². The number of hydrogen-bond acceptors (Lipinski definition) is 3. The van der Waals surface area contributed by atoms with Crippen molar-refractivity contribution in [1.29, 1.82) is 0 Å². The van der Waals surface area contributed by atoms with Crippen LogP contribution in [0.15, 0.2) is 12.2 Å². The Kier molecular flexibility index (Phi) is 3.73. The van der Waals surface area contributed by atoms with Crippen molar-refractivity contribution >= 4 is 17.9 Å². The molecule has 0 heterocycles. The number of fused-ring (bicyclic) bond motifs is 2. The molecule has 4 atom stereocenters. The quantitative estimate of drug-likeness (QED) is 0.388. The van der Waals surface area contributed by atoms with Gasteiger partial charge in [0.25, 0.3) is 0 Å². The fourth-order valence-corrected chi connectivity index (χ4v) is 3.01. The molecule has 2 bridgehead atoms. The Morgan fingerprint density at radius 2 is 1.68 bits per heavy atom. The minimum Gasteiger partial charge on any atom is -0.481 e. The molecule has 104 valence electrons. The number of amides is 3. The third kappa shape index (κ3) is 2.69. The molecule has 2 aliphatic carbocycles. The monoisotopic (exact) mass is 267 g/mol. The van der Waals surface area contributed by atoms with Gasteiger partial charge in [-0.25, -0.2) is 4.79 Å². The first-order valence-corrected chi connectivity index (χ1v) is 6.23. The molecule has 7 nitrogen and oxygen atoms in total. The number of primary amides is 1. The highest BCUT2D eigenvalue weighted by Crippen LogP contribution is 2.48. The van der Waals surface area contributed by atoms with Gasteiger partial charge in [0.2, 0.25) is 5.91 Å². The molecule has 0 radical (unpaired) electrons. The summed E-state index contributed by atoms with van der Waals surface area (Å²) < 4.78 is 0. The third-order valence-corrected chi connectivity index (χ3v) is 3.77. The maximum absolute atomic E-state index is 12.0. The number of hydrogen-bond donors (Lipinski definition) is 4. The van der Waals surface area contributed by atoms with Gasteiger partial charge >= 0.3 is 12.0 Å². The number of carbonyl (C=O) groups excluding carboxylic acids is 2. The topological polar surface area (TPSA) is 122 Å². The summed E-state index contributed by atoms with van der Waals surface area (Å²) in [5, 5.41) is 14.2. The molecule has 1 fully saturated rings. The van der Waals surface area contributed by atoms with Crippen LogP contribution in [0.25, 0.3) is 0 Å². The van der Waals surface area contributed by atoms with Crippen LogP contribution in [0.4, 0.5) is 4.79 Å². The Morgan fingerprint density at radius 3 is 2.26 bits per heavy atom. The Hall–Kier alpha value is -2.05. The van der Waals surface area contributed by atoms with Gasteiger partial charge in [0.05, 0.1) is 11.8 Å². The van der Waals surface area contributed by atoms with E-state index >= 15 is 0 Å². The molecule has 0 saturated heterocycles. The van der Waals surface area contributed by atoms with Gasteiger partial charge in [-0.05, 0) is 18.3 Å². The normalized spacial score (nSPS) is 31.2. The molecule has 0 aromatic rings. The number of nitrogens with two attached hydrogens (primary N) is 1. The largest absolute Gasteiger partial charge is 0.481 e. The molecular weight excluding hydrogens is 250 g/mol. The highest BCUT2D eigenvalue weighted by molar-refractivity contribution is 5.86. The molecule has 0 aliphatic heterocycles. The molecule has 0 aromatic carbocycles. The standard InChI is InChI=1S/C12H17N3O4/c13-12(19)15-4-3-14-10(16)8-6-1-2-7(5-6)9(8)11(17)18/h1-2,6-9H,3-5H2,(H,14,16)(H,17,18)(H3,13,15,19)/t6?,7?,8-,9+/m0/s1. The fourth-order valence-electron chi connectivity index (χ4n) is 3.01. The van der Waals surface area contributed by atoms with Crippen molar-refractivity contribution in [2.45, 2.75) is 6.42 Å². The number of carbonyl (C=O) groups is 3. The van der Waals surface area contributed by atoms with Crippen LogP contribution < -0.4 is 16.4 Å². The number of allylic oxidation sites excluding steroid dienone is 2. The zero-order chi connectivity index (χ0) is 14.0. The Morgan fingerprint density at radius 1 is 1.11 bits per heavy atom. The summed E-state index contributed by atoms with van der Waals surface area (Å²) in [5.74, 6) is -2.37. The number of rotatable bonds is 5. The van der Waals surface area contributed by atoms with E-state index in [0.717, 1.165) is 6.42 Å². The fraction of sp³-hybridized carbons (Fsp3) is 0.583. The summed E-state index contributed by atoms with van der Waals surface area (Å²) in [5.41, 5.74) is 4.89. The molecule has 2 rings (SSSR count). The third-order valence-electron chi connectivity index (χ3n) is 3.77. The van der Waals surface area contributed by atoms with Crippen LogP contribution in [0.1, 0.15) is 6.42 Å². The lowest BCUT2D eigenvalue weighted by Gasteiger charge is -2.23. The van der Waals surface area contributed by atoms with E-state index in [4.69, 9.17) is 5.73 Å². The van der Waals surface area contributed by atoms with Gasteiger partial charge in [-0.2, -0.15) is 0 Å². The number of carboxylic acid groups (broad SMARTS) is 1. The number of nitrogens with one attached hydrogen (secondary N) is 2. The number of urea groups is 1. The number of aliphatic carboxylic acids is 1. The van der Waals surface area contributed by atoms with E-state index in [1.807, 2.05) is 12.2 Å². The van der Waals surface area contributed by atoms with Gasteiger partial charge in [0.15, 0.2) is 0 Å². The maximum Gasteiger partial charge on any atom is 0.312 e. The van der Waals surface area contributed by atoms with Gasteiger partial charge in [0, 0.05) is 13.1 Å². The van der Waals surface area contributed by atoms with Gasteiger partial charge in [0.1, 0.15) is 0 Å². The van der Waals surface area contributed by atoms with Crippen molar-refractivity contribution < 1.29 is 19.5 Å². The SMILES string of the molecule is NC(=O)NCCNC(=O)[C@H]1C2C=CC(C2)[C@H]1C(=O)O. The van der Waals surface area contributed by atoms with Crippen LogP contribution >= 0.6 is 0 Å². The molecule has 5 N–H and O–H groups in total. The molecule has 1 saturated carbocycles. The van der Waals surface area contributed by atoms with E-state index in [0.29, 0.717) is 0 Å². The van der Waals surface area contributed by atoms with E-state index in [1.165, 1.54) is 0 Å².